The van der Waals surface area contributed by atoms with Gasteiger partial charge in [0.2, 0.25) is 0 Å². The molecule has 7 nitrogen and oxygen atoms in total. The number of rotatable bonds is 9. The number of carbonyl (C=O) groups excluding carboxylic acids is 2. The summed E-state index contributed by atoms with van der Waals surface area (Å²) in [5, 5.41) is 11.0. The van der Waals surface area contributed by atoms with Gasteiger partial charge < -0.3 is 19.9 Å². The molecule has 1 atom stereocenters. The van der Waals surface area contributed by atoms with E-state index in [1.54, 1.807) is 24.3 Å². The molecule has 0 fully saturated rings. The quantitative estimate of drug-likeness (QED) is 0.532. The molecule has 0 aliphatic heterocycles. The topological polar surface area (TPSA) is 102 Å². The predicted molar refractivity (Wildman–Crippen MR) is 81.6 cm³/mol. The second-order valence-electron chi connectivity index (χ2n) is 4.61. The van der Waals surface area contributed by atoms with Crippen molar-refractivity contribution in [3.8, 4) is 0 Å². The Morgan fingerprint density at radius 3 is 2.52 bits per heavy atom. The summed E-state index contributed by atoms with van der Waals surface area (Å²) in [6, 6.07) is 7.91. The third-order valence-corrected chi connectivity index (χ3v) is 2.78. The second-order valence-corrected chi connectivity index (χ2v) is 4.61. The largest absolute Gasteiger partial charge is 0.481 e. The zero-order valence-electron chi connectivity index (χ0n) is 12.6. The van der Waals surface area contributed by atoms with Crippen molar-refractivity contribution in [2.24, 2.45) is 0 Å². The number of carboxylic acid groups (broad SMARTS) is 1. The van der Waals surface area contributed by atoms with Gasteiger partial charge in [-0.15, -0.1) is 0 Å². The minimum Gasteiger partial charge on any atom is -0.481 e. The van der Waals surface area contributed by atoms with Gasteiger partial charge in [-0.05, 0) is 12.0 Å². The fourth-order valence-electron chi connectivity index (χ4n) is 1.66. The van der Waals surface area contributed by atoms with E-state index in [0.29, 0.717) is 0 Å². The van der Waals surface area contributed by atoms with Crippen LogP contribution in [0.5, 0.6) is 0 Å². The van der Waals surface area contributed by atoms with Crippen LogP contribution in [0, 0.1) is 0 Å². The van der Waals surface area contributed by atoms with Crippen LogP contribution in [0.1, 0.15) is 18.4 Å². The molecule has 2 N–H and O–H groups in total. The van der Waals surface area contributed by atoms with E-state index >= 15 is 0 Å². The summed E-state index contributed by atoms with van der Waals surface area (Å²) in [7, 11) is 0. The van der Waals surface area contributed by atoms with E-state index < -0.39 is 24.1 Å². The number of carbonyl (C=O) groups is 3. The maximum atomic E-state index is 12.0. The molecule has 124 valence electrons. The van der Waals surface area contributed by atoms with Gasteiger partial charge >= 0.3 is 18.0 Å². The highest BCUT2D eigenvalue weighted by Gasteiger charge is 2.23. The van der Waals surface area contributed by atoms with Gasteiger partial charge in [-0.3, -0.25) is 4.79 Å². The van der Waals surface area contributed by atoms with Gasteiger partial charge in [0, 0.05) is 6.42 Å². The lowest BCUT2D eigenvalue weighted by Crippen LogP contribution is -2.42. The normalized spacial score (nSPS) is 11.1. The average Bonchev–Trinajstić information content (AvgIpc) is 2.55. The average molecular weight is 321 g/mol. The Morgan fingerprint density at radius 1 is 1.22 bits per heavy atom. The summed E-state index contributed by atoms with van der Waals surface area (Å²) < 4.78 is 9.82. The van der Waals surface area contributed by atoms with Crippen LogP contribution in [0.2, 0.25) is 0 Å². The van der Waals surface area contributed by atoms with Crippen molar-refractivity contribution in [2.45, 2.75) is 25.5 Å². The second kappa shape index (κ2) is 9.99. The van der Waals surface area contributed by atoms with Crippen molar-refractivity contribution in [1.82, 2.24) is 5.32 Å². The zero-order valence-corrected chi connectivity index (χ0v) is 12.6. The highest BCUT2D eigenvalue weighted by Crippen LogP contribution is 2.05. The first kappa shape index (κ1) is 18.2. The van der Waals surface area contributed by atoms with Crippen LogP contribution in [-0.2, 0) is 25.7 Å². The summed E-state index contributed by atoms with van der Waals surface area (Å²) in [5.74, 6) is -1.79. The monoisotopic (exact) mass is 321 g/mol. The molecular weight excluding hydrogens is 302 g/mol. The molecule has 1 aromatic rings. The van der Waals surface area contributed by atoms with Gasteiger partial charge in [-0.25, -0.2) is 9.59 Å². The van der Waals surface area contributed by atoms with Gasteiger partial charge in [0.1, 0.15) is 19.3 Å². The van der Waals surface area contributed by atoms with E-state index in [1.165, 1.54) is 6.08 Å². The fourth-order valence-corrected chi connectivity index (χ4v) is 1.66. The highest BCUT2D eigenvalue weighted by molar-refractivity contribution is 5.82. The molecular formula is C16H19NO6. The number of alkyl carbamates (subject to hydrolysis) is 1. The zero-order chi connectivity index (χ0) is 17.1. The van der Waals surface area contributed by atoms with Crippen molar-refractivity contribution in [2.75, 3.05) is 6.61 Å². The van der Waals surface area contributed by atoms with Crippen LogP contribution in [-0.4, -0.2) is 35.8 Å². The summed E-state index contributed by atoms with van der Waals surface area (Å²) in [4.78, 5) is 34.2. The number of esters is 1. The van der Waals surface area contributed by atoms with Crippen LogP contribution in [0.3, 0.4) is 0 Å². The van der Waals surface area contributed by atoms with Gasteiger partial charge in [-0.1, -0.05) is 43.0 Å². The van der Waals surface area contributed by atoms with Crippen LogP contribution < -0.4 is 5.32 Å². The molecule has 0 aliphatic carbocycles. The van der Waals surface area contributed by atoms with Gasteiger partial charge in [-0.2, -0.15) is 0 Å². The smallest absolute Gasteiger partial charge is 0.408 e. The molecule has 0 aromatic heterocycles. The van der Waals surface area contributed by atoms with E-state index in [9.17, 15) is 14.4 Å². The molecule has 0 saturated heterocycles. The predicted octanol–water partition coefficient (Wildman–Crippen LogP) is 1.88. The van der Waals surface area contributed by atoms with Crippen molar-refractivity contribution >= 4 is 18.0 Å². The lowest BCUT2D eigenvalue weighted by Gasteiger charge is -2.16. The number of ether oxygens (including phenoxy) is 2. The molecule has 0 spiro atoms. The van der Waals surface area contributed by atoms with E-state index in [-0.39, 0.29) is 26.1 Å². The fraction of sp³-hybridized carbons (Fsp3) is 0.312. The Balaban J connectivity index is 2.57. The Kier molecular flexibility index (Phi) is 7.91. The lowest BCUT2D eigenvalue weighted by molar-refractivity contribution is -0.148. The van der Waals surface area contributed by atoms with E-state index in [0.717, 1.165) is 5.56 Å². The highest BCUT2D eigenvalue weighted by atomic mass is 16.6. The Bertz CT molecular complexity index is 543. The van der Waals surface area contributed by atoms with Gasteiger partial charge in [0.25, 0.3) is 0 Å². The van der Waals surface area contributed by atoms with Gasteiger partial charge in [0.05, 0.1) is 0 Å². The molecule has 0 saturated carbocycles. The van der Waals surface area contributed by atoms with Gasteiger partial charge in [0.15, 0.2) is 0 Å². The first-order chi connectivity index (χ1) is 11.0. The van der Waals surface area contributed by atoms with E-state index in [2.05, 4.69) is 11.9 Å². The lowest BCUT2D eigenvalue weighted by atomic mass is 10.1. The van der Waals surface area contributed by atoms with Crippen LogP contribution in [0.15, 0.2) is 43.0 Å². The number of carboxylic acids is 1. The van der Waals surface area contributed by atoms with Crippen LogP contribution in [0.4, 0.5) is 4.79 Å². The standard InChI is InChI=1S/C16H19NO6/c1-2-10-22-16(21)17-13(8-9-14(18)19)15(20)23-11-12-6-4-3-5-7-12/h2-7,13H,1,8-11H2,(H,17,21)(H,18,19)/t13-/m0/s1. The SMILES string of the molecule is C=CCOC(=O)N[C@@H](CCC(=O)O)C(=O)OCc1ccccc1. The van der Waals surface area contributed by atoms with Crippen LogP contribution >= 0.6 is 0 Å². The molecule has 7 heteroatoms. The summed E-state index contributed by atoms with van der Waals surface area (Å²) in [6.45, 7) is 3.41. The van der Waals surface area contributed by atoms with Crippen molar-refractivity contribution in [3.05, 3.63) is 48.6 Å². The number of benzene rings is 1. The minimum atomic E-state index is -1.09. The molecule has 23 heavy (non-hydrogen) atoms. The van der Waals surface area contributed by atoms with E-state index in [4.69, 9.17) is 14.6 Å². The third-order valence-electron chi connectivity index (χ3n) is 2.78. The third kappa shape index (κ3) is 7.66. The molecule has 1 rings (SSSR count). The number of amides is 1. The van der Waals surface area contributed by atoms with Crippen LogP contribution in [0.25, 0.3) is 0 Å². The Hall–Kier alpha value is -2.83. The maximum absolute atomic E-state index is 12.0. The molecule has 0 heterocycles. The number of aliphatic carboxylic acids is 1. The molecule has 1 amide bonds. The molecule has 0 radical (unpaired) electrons. The maximum Gasteiger partial charge on any atom is 0.408 e. The van der Waals surface area contributed by atoms with Crippen molar-refractivity contribution < 1.29 is 29.0 Å². The first-order valence-electron chi connectivity index (χ1n) is 6.99. The van der Waals surface area contributed by atoms with Crippen molar-refractivity contribution in [1.29, 1.82) is 0 Å². The Morgan fingerprint density at radius 2 is 1.91 bits per heavy atom. The van der Waals surface area contributed by atoms with Crippen molar-refractivity contribution in [3.63, 3.8) is 0 Å². The molecule has 0 aliphatic rings. The number of hydrogen-bond acceptors (Lipinski definition) is 5. The first-order valence-corrected chi connectivity index (χ1v) is 6.99. The number of hydrogen-bond donors (Lipinski definition) is 2. The molecule has 0 unspecified atom stereocenters. The summed E-state index contributed by atoms with van der Waals surface area (Å²) >= 11 is 0. The van der Waals surface area contributed by atoms with E-state index in [1.807, 2.05) is 6.07 Å². The summed E-state index contributed by atoms with van der Waals surface area (Å²) in [5.41, 5.74) is 0.784. The molecule has 0 bridgehead atoms. The number of nitrogens with one attached hydrogen (secondary N) is 1. The minimum absolute atomic E-state index is 0.0173. The molecule has 1 aromatic carbocycles. The summed E-state index contributed by atoms with van der Waals surface area (Å²) in [6.07, 6.45) is 0.162. The Labute approximate surface area is 133 Å².